The summed E-state index contributed by atoms with van der Waals surface area (Å²) in [4.78, 5) is 23.5. The van der Waals surface area contributed by atoms with Gasteiger partial charge in [-0.25, -0.2) is 0 Å². The van der Waals surface area contributed by atoms with Gasteiger partial charge in [-0.05, 0) is 30.0 Å². The lowest BCUT2D eigenvalue weighted by atomic mass is 9.75. The topological polar surface area (TPSA) is 108 Å². The van der Waals surface area contributed by atoms with Crippen molar-refractivity contribution in [2.75, 3.05) is 7.11 Å². The van der Waals surface area contributed by atoms with Gasteiger partial charge in [0.2, 0.25) is 11.8 Å². The van der Waals surface area contributed by atoms with Gasteiger partial charge in [0.1, 0.15) is 5.75 Å². The van der Waals surface area contributed by atoms with Crippen LogP contribution in [0.25, 0.3) is 0 Å². The van der Waals surface area contributed by atoms with Crippen molar-refractivity contribution >= 4 is 18.9 Å². The number of hydrogen-bond acceptors (Lipinski definition) is 5. The minimum Gasteiger partial charge on any atom is -0.497 e. The zero-order valence-corrected chi connectivity index (χ0v) is 14.7. The molecular weight excluding hydrogens is 323 g/mol. The van der Waals surface area contributed by atoms with Crippen molar-refractivity contribution in [1.29, 1.82) is 0 Å². The van der Waals surface area contributed by atoms with Gasteiger partial charge < -0.3 is 25.4 Å². The Morgan fingerprint density at radius 2 is 1.92 bits per heavy atom. The number of carbonyl (C=O) groups is 2. The van der Waals surface area contributed by atoms with Crippen LogP contribution in [0.3, 0.4) is 0 Å². The molecule has 0 saturated carbocycles. The standard InChI is InChI=1S/C17H25BN2O5/c1-12(2)9-15(18(23)24)20-17(22)8-7-16(21)19-11-13-5-4-6-14(10-13)25-3/h4-8,10,12,15,23-24H,9,11H2,1-3H3,(H,19,21)(H,20,22)/b8-7+. The molecule has 0 spiro atoms. The minimum atomic E-state index is -1.65. The van der Waals surface area contributed by atoms with Crippen LogP contribution in [-0.4, -0.2) is 42.0 Å². The van der Waals surface area contributed by atoms with Gasteiger partial charge in [0.05, 0.1) is 13.1 Å². The van der Waals surface area contributed by atoms with Crippen LogP contribution in [0.1, 0.15) is 25.8 Å². The van der Waals surface area contributed by atoms with E-state index in [1.54, 1.807) is 19.2 Å². The van der Waals surface area contributed by atoms with Crippen LogP contribution in [0.15, 0.2) is 36.4 Å². The van der Waals surface area contributed by atoms with Crippen LogP contribution in [0.5, 0.6) is 5.75 Å². The second-order valence-electron chi connectivity index (χ2n) is 6.06. The van der Waals surface area contributed by atoms with E-state index in [0.717, 1.165) is 17.7 Å². The second-order valence-corrected chi connectivity index (χ2v) is 6.06. The fourth-order valence-corrected chi connectivity index (χ4v) is 2.18. The number of benzene rings is 1. The summed E-state index contributed by atoms with van der Waals surface area (Å²) in [6.45, 7) is 4.11. The molecule has 0 saturated heterocycles. The summed E-state index contributed by atoms with van der Waals surface area (Å²) in [6.07, 6.45) is 2.58. The van der Waals surface area contributed by atoms with Gasteiger partial charge in [-0.15, -0.1) is 0 Å². The van der Waals surface area contributed by atoms with Crippen molar-refractivity contribution in [3.05, 3.63) is 42.0 Å². The van der Waals surface area contributed by atoms with E-state index in [0.29, 0.717) is 18.7 Å². The number of hydrogen-bond donors (Lipinski definition) is 4. The van der Waals surface area contributed by atoms with Crippen LogP contribution in [-0.2, 0) is 16.1 Å². The Balaban J connectivity index is 2.47. The molecule has 25 heavy (non-hydrogen) atoms. The monoisotopic (exact) mass is 348 g/mol. The highest BCUT2D eigenvalue weighted by Crippen LogP contribution is 2.12. The lowest BCUT2D eigenvalue weighted by Crippen LogP contribution is -2.46. The van der Waals surface area contributed by atoms with E-state index >= 15 is 0 Å². The summed E-state index contributed by atoms with van der Waals surface area (Å²) >= 11 is 0. The average molecular weight is 348 g/mol. The van der Waals surface area contributed by atoms with Gasteiger partial charge >= 0.3 is 7.12 Å². The van der Waals surface area contributed by atoms with E-state index in [-0.39, 0.29) is 5.92 Å². The van der Waals surface area contributed by atoms with Gasteiger partial charge in [0, 0.05) is 18.7 Å². The van der Waals surface area contributed by atoms with Crippen LogP contribution in [0, 0.1) is 5.92 Å². The summed E-state index contributed by atoms with van der Waals surface area (Å²) in [5.74, 6) is -0.891. The van der Waals surface area contributed by atoms with Gasteiger partial charge in [0.15, 0.2) is 0 Å². The van der Waals surface area contributed by atoms with Crippen LogP contribution in [0.2, 0.25) is 0 Å². The average Bonchev–Trinajstić information content (AvgIpc) is 2.57. The van der Waals surface area contributed by atoms with E-state index in [1.807, 2.05) is 26.0 Å². The molecule has 0 aromatic heterocycles. The number of amides is 2. The van der Waals surface area contributed by atoms with E-state index in [2.05, 4.69) is 10.6 Å². The van der Waals surface area contributed by atoms with Crippen LogP contribution < -0.4 is 15.4 Å². The maximum Gasteiger partial charge on any atom is 0.475 e. The quantitative estimate of drug-likeness (QED) is 0.382. The molecule has 0 aliphatic carbocycles. The fraction of sp³-hybridized carbons (Fsp3) is 0.412. The number of methoxy groups -OCH3 is 1. The molecule has 4 N–H and O–H groups in total. The molecule has 136 valence electrons. The zero-order chi connectivity index (χ0) is 18.8. The molecule has 0 bridgehead atoms. The van der Waals surface area contributed by atoms with E-state index in [9.17, 15) is 19.6 Å². The molecule has 0 fully saturated rings. The summed E-state index contributed by atoms with van der Waals surface area (Å²) in [7, 11) is -0.0869. The number of nitrogens with one attached hydrogen (secondary N) is 2. The molecule has 0 aliphatic rings. The molecule has 1 aromatic carbocycles. The molecule has 0 aliphatic heterocycles. The highest BCUT2D eigenvalue weighted by atomic mass is 16.5. The van der Waals surface area contributed by atoms with Crippen molar-refractivity contribution in [3.8, 4) is 5.75 Å². The van der Waals surface area contributed by atoms with Crippen LogP contribution >= 0.6 is 0 Å². The third-order valence-corrected chi connectivity index (χ3v) is 3.40. The normalized spacial score (nSPS) is 12.1. The summed E-state index contributed by atoms with van der Waals surface area (Å²) in [6, 6.07) is 7.27. The first-order valence-corrected chi connectivity index (χ1v) is 8.07. The molecule has 1 atom stereocenters. The van der Waals surface area contributed by atoms with Gasteiger partial charge in [-0.2, -0.15) is 0 Å². The number of ether oxygens (including phenoxy) is 1. The smallest absolute Gasteiger partial charge is 0.475 e. The number of carbonyl (C=O) groups excluding carboxylic acids is 2. The Morgan fingerprint density at radius 1 is 1.24 bits per heavy atom. The summed E-state index contributed by atoms with van der Waals surface area (Å²) in [5, 5.41) is 23.7. The Kier molecular flexibility index (Phi) is 8.73. The van der Waals surface area contributed by atoms with E-state index in [4.69, 9.17) is 4.74 Å². The first-order chi connectivity index (χ1) is 11.8. The van der Waals surface area contributed by atoms with Gasteiger partial charge in [-0.1, -0.05) is 26.0 Å². The summed E-state index contributed by atoms with van der Waals surface area (Å²) < 4.78 is 5.10. The van der Waals surface area contributed by atoms with Crippen LogP contribution in [0.4, 0.5) is 0 Å². The van der Waals surface area contributed by atoms with Crippen molar-refractivity contribution in [2.24, 2.45) is 5.92 Å². The highest BCUT2D eigenvalue weighted by molar-refractivity contribution is 6.43. The SMILES string of the molecule is COc1cccc(CNC(=O)/C=C/C(=O)NC(CC(C)C)B(O)O)c1. The van der Waals surface area contributed by atoms with E-state index < -0.39 is 24.9 Å². The van der Waals surface area contributed by atoms with Crippen molar-refractivity contribution in [1.82, 2.24) is 10.6 Å². The first kappa shape index (κ1) is 20.7. The Bertz CT molecular complexity index is 604. The van der Waals surface area contributed by atoms with Crippen molar-refractivity contribution < 1.29 is 24.4 Å². The van der Waals surface area contributed by atoms with Gasteiger partial charge in [0.25, 0.3) is 0 Å². The minimum absolute atomic E-state index is 0.183. The molecule has 2 amide bonds. The van der Waals surface area contributed by atoms with Gasteiger partial charge in [-0.3, -0.25) is 9.59 Å². The fourth-order valence-electron chi connectivity index (χ4n) is 2.18. The predicted octanol–water partition coefficient (Wildman–Crippen LogP) is 0.410. The highest BCUT2D eigenvalue weighted by Gasteiger charge is 2.25. The first-order valence-electron chi connectivity index (χ1n) is 8.07. The third kappa shape index (κ3) is 8.37. The van der Waals surface area contributed by atoms with Crippen molar-refractivity contribution in [2.45, 2.75) is 32.8 Å². The summed E-state index contributed by atoms with van der Waals surface area (Å²) in [5.41, 5.74) is 0.867. The lowest BCUT2D eigenvalue weighted by molar-refractivity contribution is -0.119. The largest absolute Gasteiger partial charge is 0.497 e. The predicted molar refractivity (Wildman–Crippen MR) is 95.6 cm³/mol. The van der Waals surface area contributed by atoms with Crippen molar-refractivity contribution in [3.63, 3.8) is 0 Å². The Morgan fingerprint density at radius 3 is 2.52 bits per heavy atom. The third-order valence-electron chi connectivity index (χ3n) is 3.40. The molecular formula is C17H25BN2O5. The lowest BCUT2D eigenvalue weighted by Gasteiger charge is -2.18. The number of rotatable bonds is 9. The Hall–Kier alpha value is -2.32. The Labute approximate surface area is 148 Å². The molecule has 7 nitrogen and oxygen atoms in total. The maximum atomic E-state index is 11.8. The maximum absolute atomic E-state index is 11.8. The molecule has 0 heterocycles. The molecule has 8 heteroatoms. The molecule has 1 unspecified atom stereocenters. The molecule has 0 radical (unpaired) electrons. The zero-order valence-electron chi connectivity index (χ0n) is 14.7. The molecule has 1 aromatic rings. The second kappa shape index (κ2) is 10.5. The molecule has 1 rings (SSSR count). The van der Waals surface area contributed by atoms with E-state index in [1.165, 1.54) is 0 Å².